The van der Waals surface area contributed by atoms with Crippen LogP contribution in [0.3, 0.4) is 0 Å². The first-order chi connectivity index (χ1) is 12.0. The third kappa shape index (κ3) is 4.38. The molecule has 2 amide bonds. The van der Waals surface area contributed by atoms with Crippen LogP contribution in [0.4, 0.5) is 5.69 Å². The van der Waals surface area contributed by atoms with Crippen molar-refractivity contribution in [1.82, 2.24) is 10.2 Å². The molecule has 0 aliphatic carbocycles. The minimum atomic E-state index is -0.468. The van der Waals surface area contributed by atoms with E-state index in [4.69, 9.17) is 4.74 Å². The van der Waals surface area contributed by atoms with Crippen molar-refractivity contribution in [2.75, 3.05) is 38.1 Å². The van der Waals surface area contributed by atoms with Gasteiger partial charge >= 0.3 is 0 Å². The first-order valence-corrected chi connectivity index (χ1v) is 9.07. The Hall–Kier alpha value is -1.92. The van der Waals surface area contributed by atoms with Gasteiger partial charge in [0.2, 0.25) is 0 Å². The average Bonchev–Trinajstić information content (AvgIpc) is 2.64. The zero-order chi connectivity index (χ0) is 17.8. The van der Waals surface area contributed by atoms with Gasteiger partial charge in [-0.05, 0) is 49.4 Å². The highest BCUT2D eigenvalue weighted by Crippen LogP contribution is 2.21. The zero-order valence-corrected chi connectivity index (χ0v) is 15.0. The van der Waals surface area contributed by atoms with Crippen molar-refractivity contribution in [1.29, 1.82) is 0 Å². The smallest absolute Gasteiger partial charge is 0.254 e. The van der Waals surface area contributed by atoms with Crippen LogP contribution in [0.15, 0.2) is 18.2 Å². The van der Waals surface area contributed by atoms with Crippen LogP contribution in [0.25, 0.3) is 0 Å². The fraction of sp³-hybridized carbons (Fsp3) is 0.579. The Bertz CT molecular complexity index is 633. The van der Waals surface area contributed by atoms with E-state index in [0.29, 0.717) is 24.6 Å². The third-order valence-corrected chi connectivity index (χ3v) is 5.02. The summed E-state index contributed by atoms with van der Waals surface area (Å²) in [6.45, 7) is 7.62. The van der Waals surface area contributed by atoms with Gasteiger partial charge in [0, 0.05) is 37.4 Å². The van der Waals surface area contributed by atoms with Crippen LogP contribution in [-0.4, -0.2) is 55.6 Å². The number of hydrogen-bond acceptors (Lipinski definition) is 4. The quantitative estimate of drug-likeness (QED) is 0.876. The molecule has 0 radical (unpaired) electrons. The molecule has 1 unspecified atom stereocenters. The molecule has 6 nitrogen and oxygen atoms in total. The number of carbonyl (C=O) groups excluding carboxylic acids is 2. The Labute approximate surface area is 148 Å². The summed E-state index contributed by atoms with van der Waals surface area (Å²) in [5.41, 5.74) is 2.29. The van der Waals surface area contributed by atoms with Crippen LogP contribution in [-0.2, 0) is 9.53 Å². The number of nitrogens with one attached hydrogen (secondary N) is 2. The Kier molecular flexibility index (Phi) is 5.71. The van der Waals surface area contributed by atoms with Crippen molar-refractivity contribution in [2.45, 2.75) is 32.8 Å². The highest BCUT2D eigenvalue weighted by molar-refractivity contribution is 5.97. The maximum Gasteiger partial charge on any atom is 0.254 e. The number of amides is 2. The number of benzene rings is 1. The van der Waals surface area contributed by atoms with Gasteiger partial charge in [0.15, 0.2) is 0 Å². The maximum atomic E-state index is 12.6. The largest absolute Gasteiger partial charge is 0.366 e. The van der Waals surface area contributed by atoms with Crippen LogP contribution >= 0.6 is 0 Å². The lowest BCUT2D eigenvalue weighted by molar-refractivity contribution is -0.128. The van der Waals surface area contributed by atoms with Gasteiger partial charge in [0.25, 0.3) is 11.8 Å². The number of piperidine rings is 1. The molecule has 2 aliphatic rings. The van der Waals surface area contributed by atoms with Crippen LogP contribution in [0.5, 0.6) is 0 Å². The molecule has 136 valence electrons. The zero-order valence-electron chi connectivity index (χ0n) is 15.0. The highest BCUT2D eigenvalue weighted by atomic mass is 16.5. The number of hydrogen-bond donors (Lipinski definition) is 2. The van der Waals surface area contributed by atoms with E-state index in [1.807, 2.05) is 24.0 Å². The van der Waals surface area contributed by atoms with E-state index in [9.17, 15) is 9.59 Å². The van der Waals surface area contributed by atoms with E-state index in [2.05, 4.69) is 17.6 Å². The molecule has 2 N–H and O–H groups in total. The lowest BCUT2D eigenvalue weighted by Crippen LogP contribution is -2.45. The molecule has 3 rings (SSSR count). The molecule has 2 aliphatic heterocycles. The van der Waals surface area contributed by atoms with E-state index in [-0.39, 0.29) is 11.8 Å². The van der Waals surface area contributed by atoms with Crippen molar-refractivity contribution >= 4 is 17.5 Å². The van der Waals surface area contributed by atoms with Crippen molar-refractivity contribution in [3.63, 3.8) is 0 Å². The first-order valence-electron chi connectivity index (χ1n) is 9.07. The van der Waals surface area contributed by atoms with E-state index in [0.717, 1.165) is 43.7 Å². The average molecular weight is 345 g/mol. The summed E-state index contributed by atoms with van der Waals surface area (Å²) in [6, 6.07) is 5.46. The second-order valence-electron chi connectivity index (χ2n) is 7.06. The van der Waals surface area contributed by atoms with Gasteiger partial charge < -0.3 is 20.3 Å². The molecule has 2 heterocycles. The molecule has 2 saturated heterocycles. The molecule has 1 atom stereocenters. The number of morpholine rings is 1. The van der Waals surface area contributed by atoms with Crippen LogP contribution < -0.4 is 10.6 Å². The van der Waals surface area contributed by atoms with Gasteiger partial charge in [0.05, 0.1) is 6.61 Å². The first kappa shape index (κ1) is 17.9. The number of likely N-dealkylation sites (tertiary alicyclic amines) is 1. The molecular formula is C19H27N3O3. The lowest BCUT2D eigenvalue weighted by atomic mass is 9.98. The predicted octanol–water partition coefficient (Wildman–Crippen LogP) is 1.79. The van der Waals surface area contributed by atoms with E-state index < -0.39 is 6.10 Å². The number of nitrogens with zero attached hydrogens (tertiary/aromatic N) is 1. The van der Waals surface area contributed by atoms with Crippen LogP contribution in [0.1, 0.15) is 35.7 Å². The van der Waals surface area contributed by atoms with Gasteiger partial charge in [-0.25, -0.2) is 0 Å². The fourth-order valence-electron chi connectivity index (χ4n) is 3.28. The Morgan fingerprint density at radius 1 is 1.28 bits per heavy atom. The Morgan fingerprint density at radius 2 is 2.04 bits per heavy atom. The summed E-state index contributed by atoms with van der Waals surface area (Å²) in [5.74, 6) is 0.618. The molecule has 0 spiro atoms. The SMILES string of the molecule is Cc1cc(C(=O)N2CCC(C)CC2)ccc1NC(=O)C1CNCCO1. The molecule has 6 heteroatoms. The maximum absolute atomic E-state index is 12.6. The van der Waals surface area contributed by atoms with Gasteiger partial charge in [0.1, 0.15) is 6.10 Å². The molecule has 1 aromatic rings. The number of rotatable bonds is 3. The molecule has 1 aromatic carbocycles. The van der Waals surface area contributed by atoms with E-state index in [1.165, 1.54) is 0 Å². The normalized spacial score (nSPS) is 21.8. The predicted molar refractivity (Wildman–Crippen MR) is 96.7 cm³/mol. The minimum Gasteiger partial charge on any atom is -0.366 e. The van der Waals surface area contributed by atoms with E-state index in [1.54, 1.807) is 6.07 Å². The topological polar surface area (TPSA) is 70.7 Å². The summed E-state index contributed by atoms with van der Waals surface area (Å²) < 4.78 is 5.47. The standard InChI is InChI=1S/C19H27N3O3/c1-13-5-8-22(9-6-13)19(24)15-3-4-16(14(2)11-15)21-18(23)17-12-20-7-10-25-17/h3-4,11,13,17,20H,5-10,12H2,1-2H3,(H,21,23). The highest BCUT2D eigenvalue weighted by Gasteiger charge is 2.24. The fourth-order valence-corrected chi connectivity index (χ4v) is 3.28. The summed E-state index contributed by atoms with van der Waals surface area (Å²) >= 11 is 0. The second-order valence-corrected chi connectivity index (χ2v) is 7.06. The van der Waals surface area contributed by atoms with Crippen molar-refractivity contribution in [2.24, 2.45) is 5.92 Å². The van der Waals surface area contributed by atoms with Crippen molar-refractivity contribution in [3.05, 3.63) is 29.3 Å². The van der Waals surface area contributed by atoms with Gasteiger partial charge in [-0.15, -0.1) is 0 Å². The second kappa shape index (κ2) is 7.97. The third-order valence-electron chi connectivity index (χ3n) is 5.02. The van der Waals surface area contributed by atoms with Crippen LogP contribution in [0, 0.1) is 12.8 Å². The number of anilines is 1. The number of ether oxygens (including phenoxy) is 1. The monoisotopic (exact) mass is 345 g/mol. The molecular weight excluding hydrogens is 318 g/mol. The van der Waals surface area contributed by atoms with E-state index >= 15 is 0 Å². The molecule has 0 saturated carbocycles. The summed E-state index contributed by atoms with van der Waals surface area (Å²) in [6.07, 6.45) is 1.66. The number of carbonyl (C=O) groups is 2. The van der Waals surface area contributed by atoms with Gasteiger partial charge in [-0.2, -0.15) is 0 Å². The van der Waals surface area contributed by atoms with Gasteiger partial charge in [-0.1, -0.05) is 6.92 Å². The minimum absolute atomic E-state index is 0.0766. The Balaban J connectivity index is 1.64. The van der Waals surface area contributed by atoms with Crippen LogP contribution in [0.2, 0.25) is 0 Å². The van der Waals surface area contributed by atoms with Crippen molar-refractivity contribution in [3.8, 4) is 0 Å². The molecule has 0 bridgehead atoms. The lowest BCUT2D eigenvalue weighted by Gasteiger charge is -2.30. The molecule has 2 fully saturated rings. The summed E-state index contributed by atoms with van der Waals surface area (Å²) in [5, 5.41) is 6.05. The Morgan fingerprint density at radius 3 is 2.68 bits per heavy atom. The molecule has 0 aromatic heterocycles. The molecule has 25 heavy (non-hydrogen) atoms. The van der Waals surface area contributed by atoms with Crippen molar-refractivity contribution < 1.29 is 14.3 Å². The van der Waals surface area contributed by atoms with Gasteiger partial charge in [-0.3, -0.25) is 9.59 Å². The summed E-state index contributed by atoms with van der Waals surface area (Å²) in [4.78, 5) is 26.8. The summed E-state index contributed by atoms with van der Waals surface area (Å²) in [7, 11) is 0. The number of aryl methyl sites for hydroxylation is 1.